The Morgan fingerprint density at radius 2 is 1.50 bits per heavy atom. The van der Waals surface area contributed by atoms with Crippen LogP contribution >= 0.6 is 0 Å². The molecule has 0 radical (unpaired) electrons. The van der Waals surface area contributed by atoms with E-state index in [-0.39, 0.29) is 17.2 Å². The second-order valence-electron chi connectivity index (χ2n) is 4.51. The molecule has 3 nitrogen and oxygen atoms in total. The molecule has 3 heteroatoms. The van der Waals surface area contributed by atoms with E-state index < -0.39 is 0 Å². The van der Waals surface area contributed by atoms with Crippen molar-refractivity contribution < 1.29 is 15.3 Å². The summed E-state index contributed by atoms with van der Waals surface area (Å²) in [7, 11) is 0. The van der Waals surface area contributed by atoms with Crippen LogP contribution in [-0.4, -0.2) is 15.3 Å². The van der Waals surface area contributed by atoms with Crippen molar-refractivity contribution >= 4 is 0 Å². The van der Waals surface area contributed by atoms with Crippen LogP contribution in [0.5, 0.6) is 17.2 Å². The molecule has 0 bridgehead atoms. The van der Waals surface area contributed by atoms with Crippen LogP contribution in [0.4, 0.5) is 0 Å². The first-order chi connectivity index (χ1) is 8.43. The van der Waals surface area contributed by atoms with Crippen molar-refractivity contribution in [2.45, 2.75) is 20.8 Å². The van der Waals surface area contributed by atoms with Crippen molar-refractivity contribution in [1.29, 1.82) is 0 Å². The van der Waals surface area contributed by atoms with E-state index >= 15 is 0 Å². The van der Waals surface area contributed by atoms with Crippen LogP contribution in [0, 0.1) is 20.8 Å². The maximum absolute atomic E-state index is 9.95. The van der Waals surface area contributed by atoms with Gasteiger partial charge in [-0.2, -0.15) is 0 Å². The van der Waals surface area contributed by atoms with Gasteiger partial charge in [-0.15, -0.1) is 0 Å². The molecule has 0 unspecified atom stereocenters. The first kappa shape index (κ1) is 12.3. The first-order valence-corrected chi connectivity index (χ1v) is 5.74. The first-order valence-electron chi connectivity index (χ1n) is 5.74. The fraction of sp³-hybridized carbons (Fsp3) is 0.200. The van der Waals surface area contributed by atoms with Gasteiger partial charge in [-0.25, -0.2) is 0 Å². The summed E-state index contributed by atoms with van der Waals surface area (Å²) in [5.74, 6) is -0.0285. The van der Waals surface area contributed by atoms with E-state index in [1.165, 1.54) is 6.07 Å². The van der Waals surface area contributed by atoms with Gasteiger partial charge in [-0.05, 0) is 55.2 Å². The minimum Gasteiger partial charge on any atom is -0.508 e. The topological polar surface area (TPSA) is 60.7 Å². The normalized spacial score (nSPS) is 10.6. The lowest BCUT2D eigenvalue weighted by atomic mass is 9.91. The third-order valence-electron chi connectivity index (χ3n) is 3.35. The minimum atomic E-state index is -0.142. The highest BCUT2D eigenvalue weighted by Crippen LogP contribution is 2.41. The van der Waals surface area contributed by atoms with Crippen LogP contribution in [0.2, 0.25) is 0 Å². The molecule has 0 saturated carbocycles. The molecule has 0 amide bonds. The lowest BCUT2D eigenvalue weighted by Crippen LogP contribution is -1.93. The Labute approximate surface area is 106 Å². The van der Waals surface area contributed by atoms with Crippen LogP contribution in [0.15, 0.2) is 24.3 Å². The highest BCUT2D eigenvalue weighted by atomic mass is 16.3. The summed E-state index contributed by atoms with van der Waals surface area (Å²) in [4.78, 5) is 0. The zero-order valence-corrected chi connectivity index (χ0v) is 10.7. The molecule has 0 atom stereocenters. The van der Waals surface area contributed by atoms with Gasteiger partial charge in [0.15, 0.2) is 11.5 Å². The molecule has 0 saturated heterocycles. The van der Waals surface area contributed by atoms with Gasteiger partial charge in [0.05, 0.1) is 0 Å². The Bertz CT molecular complexity index is 616. The van der Waals surface area contributed by atoms with Crippen molar-refractivity contribution in [1.82, 2.24) is 0 Å². The number of phenols is 3. The van der Waals surface area contributed by atoms with Crippen molar-refractivity contribution in [3.8, 4) is 28.4 Å². The van der Waals surface area contributed by atoms with E-state index in [1.54, 1.807) is 18.2 Å². The van der Waals surface area contributed by atoms with Gasteiger partial charge >= 0.3 is 0 Å². The number of para-hydroxylation sites is 1. The second-order valence-corrected chi connectivity index (χ2v) is 4.51. The predicted molar refractivity (Wildman–Crippen MR) is 71.1 cm³/mol. The molecule has 94 valence electrons. The van der Waals surface area contributed by atoms with E-state index in [0.717, 1.165) is 22.3 Å². The van der Waals surface area contributed by atoms with Crippen molar-refractivity contribution in [2.75, 3.05) is 0 Å². The van der Waals surface area contributed by atoms with Crippen LogP contribution in [0.3, 0.4) is 0 Å². The van der Waals surface area contributed by atoms with Gasteiger partial charge in [0.2, 0.25) is 0 Å². The maximum atomic E-state index is 9.95. The summed E-state index contributed by atoms with van der Waals surface area (Å²) in [5, 5.41) is 29.3. The maximum Gasteiger partial charge on any atom is 0.165 e. The molecule has 2 aromatic carbocycles. The molecule has 0 aliphatic rings. The Morgan fingerprint density at radius 1 is 0.833 bits per heavy atom. The lowest BCUT2D eigenvalue weighted by Gasteiger charge is -2.15. The van der Waals surface area contributed by atoms with E-state index in [9.17, 15) is 15.3 Å². The Balaban J connectivity index is 2.80. The van der Waals surface area contributed by atoms with Crippen LogP contribution < -0.4 is 0 Å². The van der Waals surface area contributed by atoms with Crippen molar-refractivity contribution in [3.05, 3.63) is 41.0 Å². The Kier molecular flexibility index (Phi) is 2.91. The molecule has 3 N–H and O–H groups in total. The molecule has 2 aromatic rings. The van der Waals surface area contributed by atoms with Crippen LogP contribution in [0.25, 0.3) is 11.1 Å². The molecule has 0 aliphatic heterocycles. The molecule has 0 spiro atoms. The number of benzene rings is 2. The summed E-state index contributed by atoms with van der Waals surface area (Å²) in [5.41, 5.74) is 3.95. The SMILES string of the molecule is Cc1cc(O)c(C)c(C)c1-c1cccc(O)c1O. The minimum absolute atomic E-state index is 0.131. The van der Waals surface area contributed by atoms with E-state index in [2.05, 4.69) is 0 Å². The van der Waals surface area contributed by atoms with E-state index in [4.69, 9.17) is 0 Å². The second kappa shape index (κ2) is 4.26. The summed E-state index contributed by atoms with van der Waals surface area (Å²) in [6.45, 7) is 5.58. The van der Waals surface area contributed by atoms with Gasteiger partial charge < -0.3 is 15.3 Å². The summed E-state index contributed by atoms with van der Waals surface area (Å²) in [6, 6.07) is 6.55. The summed E-state index contributed by atoms with van der Waals surface area (Å²) in [6.07, 6.45) is 0. The standard InChI is InChI=1S/C15H16O3/c1-8-7-13(17)9(2)10(3)14(8)11-5-4-6-12(16)15(11)18/h4-7,16-18H,1-3H3. The quantitative estimate of drug-likeness (QED) is 0.674. The number of phenolic OH excluding ortho intramolecular Hbond substituents is 3. The number of hydrogen-bond acceptors (Lipinski definition) is 3. The highest BCUT2D eigenvalue weighted by molar-refractivity contribution is 5.79. The third-order valence-corrected chi connectivity index (χ3v) is 3.35. The molecular formula is C15H16O3. The van der Waals surface area contributed by atoms with E-state index in [1.807, 2.05) is 20.8 Å². The summed E-state index contributed by atoms with van der Waals surface area (Å²) < 4.78 is 0. The van der Waals surface area contributed by atoms with Crippen molar-refractivity contribution in [3.63, 3.8) is 0 Å². The van der Waals surface area contributed by atoms with Gasteiger partial charge in [-0.3, -0.25) is 0 Å². The largest absolute Gasteiger partial charge is 0.508 e. The van der Waals surface area contributed by atoms with Crippen LogP contribution in [-0.2, 0) is 0 Å². The fourth-order valence-corrected chi connectivity index (χ4v) is 2.21. The smallest absolute Gasteiger partial charge is 0.165 e. The highest BCUT2D eigenvalue weighted by Gasteiger charge is 2.15. The molecule has 0 aliphatic carbocycles. The third kappa shape index (κ3) is 1.78. The predicted octanol–water partition coefficient (Wildman–Crippen LogP) is 3.40. The Hall–Kier alpha value is -2.16. The van der Waals surface area contributed by atoms with Gasteiger partial charge in [0.1, 0.15) is 5.75 Å². The number of rotatable bonds is 1. The average molecular weight is 244 g/mol. The molecule has 2 rings (SSSR count). The average Bonchev–Trinajstić information content (AvgIpc) is 2.32. The van der Waals surface area contributed by atoms with Crippen LogP contribution in [0.1, 0.15) is 16.7 Å². The molecule has 0 aromatic heterocycles. The number of hydrogen-bond donors (Lipinski definition) is 3. The monoisotopic (exact) mass is 244 g/mol. The zero-order chi connectivity index (χ0) is 13.4. The zero-order valence-electron chi connectivity index (χ0n) is 10.7. The fourth-order valence-electron chi connectivity index (χ4n) is 2.21. The Morgan fingerprint density at radius 3 is 2.17 bits per heavy atom. The molecule has 18 heavy (non-hydrogen) atoms. The number of aryl methyl sites for hydroxylation is 1. The van der Waals surface area contributed by atoms with E-state index in [0.29, 0.717) is 5.56 Å². The van der Waals surface area contributed by atoms with Crippen molar-refractivity contribution in [2.24, 2.45) is 0 Å². The number of aromatic hydroxyl groups is 3. The molecule has 0 fully saturated rings. The summed E-state index contributed by atoms with van der Waals surface area (Å²) >= 11 is 0. The lowest BCUT2D eigenvalue weighted by molar-refractivity contribution is 0.405. The molecular weight excluding hydrogens is 228 g/mol. The van der Waals surface area contributed by atoms with Gasteiger partial charge in [0, 0.05) is 5.56 Å². The molecule has 0 heterocycles. The van der Waals surface area contributed by atoms with Gasteiger partial charge in [0.25, 0.3) is 0 Å². The van der Waals surface area contributed by atoms with Gasteiger partial charge in [-0.1, -0.05) is 12.1 Å².